The number of amides is 2. The minimum atomic E-state index is -1.39. The highest BCUT2D eigenvalue weighted by molar-refractivity contribution is 14.1. The maximum atomic E-state index is 12.7. The van der Waals surface area contributed by atoms with Crippen molar-refractivity contribution in [1.29, 1.82) is 0 Å². The average molecular weight is 592 g/mol. The molecule has 0 radical (unpaired) electrons. The normalized spacial score (nSPS) is 23.7. The molecule has 0 bridgehead atoms. The van der Waals surface area contributed by atoms with Crippen LogP contribution < -0.4 is 10.6 Å². The Morgan fingerprint density at radius 1 is 0.853 bits per heavy atom. The second kappa shape index (κ2) is 12.5. The van der Waals surface area contributed by atoms with Gasteiger partial charge in [-0.15, -0.1) is 0 Å². The third-order valence-corrected chi connectivity index (χ3v) is 5.33. The van der Waals surface area contributed by atoms with Crippen LogP contribution in [0.25, 0.3) is 0 Å². The summed E-state index contributed by atoms with van der Waals surface area (Å²) in [5.41, 5.74) is 0.506. The fourth-order valence-corrected chi connectivity index (χ4v) is 3.72. The number of halogens is 1. The molecular weight excluding hydrogens is 567 g/mol. The molecule has 13 heteroatoms. The van der Waals surface area contributed by atoms with Crippen LogP contribution in [0, 0.1) is 3.57 Å². The highest BCUT2D eigenvalue weighted by Crippen LogP contribution is 2.28. The van der Waals surface area contributed by atoms with E-state index in [0.717, 1.165) is 24.3 Å². The molecule has 2 rings (SSSR count). The molecule has 0 saturated carbocycles. The predicted octanol–water partition coefficient (Wildman–Crippen LogP) is 1.50. The van der Waals surface area contributed by atoms with Crippen LogP contribution in [0.3, 0.4) is 0 Å². The SMILES string of the molecule is CC(=O)OC[C@@H]1O[C@@H](NC(=O)Nc2ccccc2I)[C@H](OC(C)=O)[C@H](OC(C)=O)[C@H]1OC(C)=O. The molecule has 1 aromatic carbocycles. The van der Waals surface area contributed by atoms with Crippen LogP contribution in [0.2, 0.25) is 0 Å². The zero-order valence-electron chi connectivity index (χ0n) is 18.9. The lowest BCUT2D eigenvalue weighted by atomic mass is 9.97. The number of carbonyl (C=O) groups excluding carboxylic acids is 5. The maximum absolute atomic E-state index is 12.7. The van der Waals surface area contributed by atoms with E-state index in [4.69, 9.17) is 23.7 Å². The van der Waals surface area contributed by atoms with Gasteiger partial charge in [-0.1, -0.05) is 12.1 Å². The molecule has 2 amide bonds. The molecule has 2 N–H and O–H groups in total. The molecule has 5 atom stereocenters. The molecule has 0 unspecified atom stereocenters. The van der Waals surface area contributed by atoms with Gasteiger partial charge in [-0.25, -0.2) is 4.79 Å². The standard InChI is InChI=1S/C21H25IN2O10/c1-10(25)30-9-16-17(31-11(2)26)18(32-12(3)27)19(33-13(4)28)20(34-16)24-21(29)23-15-8-6-5-7-14(15)22/h5-8,16-20H,9H2,1-4H3,(H2,23,24,29)/t16-,17-,18+,19+,20+/m0/s1. The Morgan fingerprint density at radius 2 is 1.41 bits per heavy atom. The van der Waals surface area contributed by atoms with Gasteiger partial charge in [0.1, 0.15) is 12.7 Å². The number of hydrogen-bond acceptors (Lipinski definition) is 10. The number of rotatable bonds is 7. The molecule has 12 nitrogen and oxygen atoms in total. The fourth-order valence-electron chi connectivity index (χ4n) is 3.19. The summed E-state index contributed by atoms with van der Waals surface area (Å²) in [6.07, 6.45) is -6.59. The van der Waals surface area contributed by atoms with E-state index in [1.54, 1.807) is 24.3 Å². The molecule has 1 fully saturated rings. The van der Waals surface area contributed by atoms with Gasteiger partial charge in [0.15, 0.2) is 24.5 Å². The van der Waals surface area contributed by atoms with Gasteiger partial charge >= 0.3 is 29.9 Å². The largest absolute Gasteiger partial charge is 0.463 e. The number of esters is 4. The van der Waals surface area contributed by atoms with Gasteiger partial charge in [0.25, 0.3) is 0 Å². The third kappa shape index (κ3) is 8.13. The maximum Gasteiger partial charge on any atom is 0.321 e. The second-order valence-corrected chi connectivity index (χ2v) is 8.36. The van der Waals surface area contributed by atoms with Gasteiger partial charge in [0.2, 0.25) is 0 Å². The number of nitrogens with one attached hydrogen (secondary N) is 2. The third-order valence-electron chi connectivity index (χ3n) is 4.39. The first kappa shape index (κ1) is 27.3. The molecule has 0 aromatic heterocycles. The van der Waals surface area contributed by atoms with E-state index in [9.17, 15) is 24.0 Å². The van der Waals surface area contributed by atoms with Crippen LogP contribution in [0.15, 0.2) is 24.3 Å². The Bertz CT molecular complexity index is 940. The lowest BCUT2D eigenvalue weighted by Gasteiger charge is -2.44. The Balaban J connectivity index is 2.37. The predicted molar refractivity (Wildman–Crippen MR) is 123 cm³/mol. The van der Waals surface area contributed by atoms with E-state index in [1.165, 1.54) is 6.92 Å². The smallest absolute Gasteiger partial charge is 0.321 e. The summed E-state index contributed by atoms with van der Waals surface area (Å²) in [4.78, 5) is 59.4. The average Bonchev–Trinajstić information content (AvgIpc) is 2.71. The van der Waals surface area contributed by atoms with Crippen molar-refractivity contribution in [3.8, 4) is 0 Å². The van der Waals surface area contributed by atoms with Crippen LogP contribution in [-0.2, 0) is 42.9 Å². The zero-order chi connectivity index (χ0) is 25.4. The highest BCUT2D eigenvalue weighted by Gasteiger charge is 2.52. The van der Waals surface area contributed by atoms with Crippen LogP contribution in [-0.4, -0.2) is 67.2 Å². The van der Waals surface area contributed by atoms with Crippen molar-refractivity contribution < 1.29 is 47.7 Å². The van der Waals surface area contributed by atoms with E-state index in [0.29, 0.717) is 5.69 Å². The van der Waals surface area contributed by atoms with Gasteiger partial charge in [-0.3, -0.25) is 19.2 Å². The molecule has 1 heterocycles. The molecule has 34 heavy (non-hydrogen) atoms. The number of hydrogen-bond donors (Lipinski definition) is 2. The molecule has 1 saturated heterocycles. The van der Waals surface area contributed by atoms with Gasteiger partial charge in [-0.05, 0) is 34.7 Å². The van der Waals surface area contributed by atoms with Crippen molar-refractivity contribution in [3.63, 3.8) is 0 Å². The van der Waals surface area contributed by atoms with Crippen LogP contribution in [0.5, 0.6) is 0 Å². The van der Waals surface area contributed by atoms with E-state index in [-0.39, 0.29) is 0 Å². The summed E-state index contributed by atoms with van der Waals surface area (Å²) < 4.78 is 27.5. The van der Waals surface area contributed by atoms with Gasteiger partial charge in [-0.2, -0.15) is 0 Å². The summed E-state index contributed by atoms with van der Waals surface area (Å²) in [6, 6.07) is 6.26. The number of carbonyl (C=O) groups is 5. The number of ether oxygens (including phenoxy) is 5. The molecule has 186 valence electrons. The lowest BCUT2D eigenvalue weighted by molar-refractivity contribution is -0.255. The van der Waals surface area contributed by atoms with E-state index < -0.39 is 67.2 Å². The summed E-state index contributed by atoms with van der Waals surface area (Å²) in [7, 11) is 0. The molecule has 0 aliphatic carbocycles. The van der Waals surface area contributed by atoms with Crippen LogP contribution in [0.1, 0.15) is 27.7 Å². The fraction of sp³-hybridized carbons (Fsp3) is 0.476. The Hall–Kier alpha value is -2.94. The van der Waals surface area contributed by atoms with Crippen molar-refractivity contribution in [2.75, 3.05) is 11.9 Å². The van der Waals surface area contributed by atoms with E-state index in [2.05, 4.69) is 10.6 Å². The topological polar surface area (TPSA) is 156 Å². The lowest BCUT2D eigenvalue weighted by Crippen LogP contribution is -2.66. The molecule has 1 aliphatic heterocycles. The van der Waals surface area contributed by atoms with Crippen molar-refractivity contribution in [3.05, 3.63) is 27.8 Å². The number of urea groups is 1. The Labute approximate surface area is 209 Å². The minimum absolute atomic E-state index is 0.395. The summed E-state index contributed by atoms with van der Waals surface area (Å²) in [6.45, 7) is 4.11. The van der Waals surface area contributed by atoms with Crippen molar-refractivity contribution in [2.45, 2.75) is 58.3 Å². The highest BCUT2D eigenvalue weighted by atomic mass is 127. The van der Waals surface area contributed by atoms with Gasteiger partial charge in [0, 0.05) is 31.3 Å². The summed E-state index contributed by atoms with van der Waals surface area (Å²) >= 11 is 2.04. The van der Waals surface area contributed by atoms with Gasteiger partial charge < -0.3 is 34.3 Å². The van der Waals surface area contributed by atoms with E-state index in [1.807, 2.05) is 22.6 Å². The number of anilines is 1. The number of para-hydroxylation sites is 1. The second-order valence-electron chi connectivity index (χ2n) is 7.20. The molecule has 1 aromatic rings. The minimum Gasteiger partial charge on any atom is -0.463 e. The molecular formula is C21H25IN2O10. The first-order valence-electron chi connectivity index (χ1n) is 10.1. The monoisotopic (exact) mass is 592 g/mol. The zero-order valence-corrected chi connectivity index (χ0v) is 21.0. The quantitative estimate of drug-likeness (QED) is 0.270. The van der Waals surface area contributed by atoms with E-state index >= 15 is 0 Å². The summed E-state index contributed by atoms with van der Waals surface area (Å²) in [5.74, 6) is -2.93. The molecule has 0 spiro atoms. The summed E-state index contributed by atoms with van der Waals surface area (Å²) in [5, 5.41) is 5.16. The van der Waals surface area contributed by atoms with Crippen molar-refractivity contribution >= 4 is 58.2 Å². The van der Waals surface area contributed by atoms with Gasteiger partial charge in [0.05, 0.1) is 5.69 Å². The number of benzene rings is 1. The van der Waals surface area contributed by atoms with Crippen molar-refractivity contribution in [1.82, 2.24) is 5.32 Å². The van der Waals surface area contributed by atoms with Crippen molar-refractivity contribution in [2.24, 2.45) is 0 Å². The van der Waals surface area contributed by atoms with Crippen LogP contribution >= 0.6 is 22.6 Å². The Kier molecular flexibility index (Phi) is 10.0. The molecule has 1 aliphatic rings. The first-order valence-corrected chi connectivity index (χ1v) is 11.2. The first-order chi connectivity index (χ1) is 16.0. The van der Waals surface area contributed by atoms with Crippen LogP contribution in [0.4, 0.5) is 10.5 Å². The Morgan fingerprint density at radius 3 is 1.97 bits per heavy atom.